The van der Waals surface area contributed by atoms with Gasteiger partial charge in [0, 0.05) is 50.2 Å². The fourth-order valence-corrected chi connectivity index (χ4v) is 4.14. The highest BCUT2D eigenvalue weighted by molar-refractivity contribution is 6.37. The Bertz CT molecular complexity index is 1040. The molecule has 0 unspecified atom stereocenters. The Hall–Kier alpha value is -3.36. The van der Waals surface area contributed by atoms with Crippen LogP contribution < -0.4 is 15.0 Å². The summed E-state index contributed by atoms with van der Waals surface area (Å²) in [5, 5.41) is 3.21. The number of carbonyl (C=O) groups excluding carboxylic acids is 2. The van der Waals surface area contributed by atoms with Crippen molar-refractivity contribution in [3.05, 3.63) is 59.8 Å². The minimum atomic E-state index is -0.374. The lowest BCUT2D eigenvalue weighted by Gasteiger charge is -2.34. The van der Waals surface area contributed by atoms with Crippen molar-refractivity contribution < 1.29 is 19.1 Å². The van der Waals surface area contributed by atoms with Crippen molar-refractivity contribution >= 4 is 28.8 Å². The van der Waals surface area contributed by atoms with Crippen LogP contribution in [0, 0.1) is 0 Å². The molecule has 0 bridgehead atoms. The topological polar surface area (TPSA) is 74.3 Å². The minimum Gasteiger partial charge on any atom is -0.496 e. The van der Waals surface area contributed by atoms with E-state index in [2.05, 4.69) is 22.2 Å². The summed E-state index contributed by atoms with van der Waals surface area (Å²) < 4.78 is 10.6. The summed E-state index contributed by atoms with van der Waals surface area (Å²) in [6.07, 6.45) is 0. The zero-order valence-corrected chi connectivity index (χ0v) is 19.3. The summed E-state index contributed by atoms with van der Waals surface area (Å²) in [5.41, 5.74) is 3.01. The van der Waals surface area contributed by atoms with E-state index in [1.165, 1.54) is 4.90 Å². The van der Waals surface area contributed by atoms with Crippen molar-refractivity contribution in [3.8, 4) is 5.75 Å². The summed E-state index contributed by atoms with van der Waals surface area (Å²) >= 11 is 0. The maximum Gasteiger partial charge on any atom is 0.278 e. The average molecular weight is 451 g/mol. The summed E-state index contributed by atoms with van der Waals surface area (Å²) in [5.74, 6) is -0.203. The third-order valence-corrected chi connectivity index (χ3v) is 6.07. The number of hydrogen-bond donors (Lipinski definition) is 1. The molecule has 2 aromatic carbocycles. The van der Waals surface area contributed by atoms with E-state index in [-0.39, 0.29) is 30.7 Å². The molecule has 1 N–H and O–H groups in total. The second-order valence-corrected chi connectivity index (χ2v) is 8.17. The van der Waals surface area contributed by atoms with Gasteiger partial charge in [-0.1, -0.05) is 18.2 Å². The van der Waals surface area contributed by atoms with Crippen LogP contribution >= 0.6 is 0 Å². The monoisotopic (exact) mass is 450 g/mol. The van der Waals surface area contributed by atoms with Crippen LogP contribution in [0.4, 0.5) is 11.4 Å². The standard InChI is InChI=1S/C25H30N4O4/c1-27-12-14-28(15-13-27)19-10-8-18(9-11-19)26-23-22(20-6-4-5-7-21(20)33-3)24(30)29(25(23)31)16-17-32-2/h4-11,26H,12-17H2,1-3H3. The fourth-order valence-electron chi connectivity index (χ4n) is 4.14. The Kier molecular flexibility index (Phi) is 6.96. The Morgan fingerprint density at radius 3 is 2.27 bits per heavy atom. The van der Waals surface area contributed by atoms with Gasteiger partial charge in [-0.15, -0.1) is 0 Å². The second kappa shape index (κ2) is 10.1. The van der Waals surface area contributed by atoms with E-state index in [4.69, 9.17) is 9.47 Å². The highest BCUT2D eigenvalue weighted by Gasteiger charge is 2.40. The molecule has 1 saturated heterocycles. The van der Waals surface area contributed by atoms with Gasteiger partial charge in [0.05, 0.1) is 25.8 Å². The summed E-state index contributed by atoms with van der Waals surface area (Å²) in [7, 11) is 5.22. The number of anilines is 2. The van der Waals surface area contributed by atoms with E-state index < -0.39 is 0 Å². The number of carbonyl (C=O) groups is 2. The van der Waals surface area contributed by atoms with Gasteiger partial charge in [0.1, 0.15) is 11.4 Å². The molecule has 8 heteroatoms. The van der Waals surface area contributed by atoms with Gasteiger partial charge in [-0.05, 0) is 37.4 Å². The van der Waals surface area contributed by atoms with Gasteiger partial charge in [-0.25, -0.2) is 0 Å². The molecule has 2 aromatic rings. The Labute approximate surface area is 194 Å². The zero-order valence-electron chi connectivity index (χ0n) is 19.3. The third-order valence-electron chi connectivity index (χ3n) is 6.07. The van der Waals surface area contributed by atoms with Crippen molar-refractivity contribution in [2.24, 2.45) is 0 Å². The number of nitrogens with one attached hydrogen (secondary N) is 1. The van der Waals surface area contributed by atoms with Crippen molar-refractivity contribution in [2.75, 3.05) is 70.8 Å². The number of methoxy groups -OCH3 is 2. The first kappa shape index (κ1) is 22.8. The van der Waals surface area contributed by atoms with E-state index in [1.807, 2.05) is 36.4 Å². The largest absolute Gasteiger partial charge is 0.496 e. The summed E-state index contributed by atoms with van der Waals surface area (Å²) in [4.78, 5) is 32.4. The first-order valence-electron chi connectivity index (χ1n) is 11.1. The quantitative estimate of drug-likeness (QED) is 0.619. The molecule has 33 heavy (non-hydrogen) atoms. The average Bonchev–Trinajstić information content (AvgIpc) is 3.07. The summed E-state index contributed by atoms with van der Waals surface area (Å²) in [6, 6.07) is 15.2. The van der Waals surface area contributed by atoms with Crippen LogP contribution in [0.25, 0.3) is 5.57 Å². The van der Waals surface area contributed by atoms with Gasteiger partial charge in [0.2, 0.25) is 0 Å². The van der Waals surface area contributed by atoms with Gasteiger partial charge in [-0.2, -0.15) is 0 Å². The van der Waals surface area contributed by atoms with Crippen LogP contribution in [-0.2, 0) is 14.3 Å². The lowest BCUT2D eigenvalue weighted by molar-refractivity contribution is -0.137. The van der Waals surface area contributed by atoms with Gasteiger partial charge < -0.3 is 24.6 Å². The normalized spacial score (nSPS) is 17.2. The zero-order chi connectivity index (χ0) is 23.4. The SMILES string of the molecule is COCCN1C(=O)C(Nc2ccc(N3CCN(C)CC3)cc2)=C(c2ccccc2OC)C1=O. The van der Waals surface area contributed by atoms with Crippen LogP contribution in [0.2, 0.25) is 0 Å². The molecule has 0 radical (unpaired) electrons. The molecule has 0 atom stereocenters. The molecule has 2 aliphatic heterocycles. The number of likely N-dealkylation sites (N-methyl/N-ethyl adjacent to an activating group) is 1. The fraction of sp³-hybridized carbons (Fsp3) is 0.360. The molecular weight excluding hydrogens is 420 g/mol. The van der Waals surface area contributed by atoms with Crippen LogP contribution in [0.1, 0.15) is 5.56 Å². The van der Waals surface area contributed by atoms with Crippen molar-refractivity contribution in [3.63, 3.8) is 0 Å². The Morgan fingerprint density at radius 1 is 0.909 bits per heavy atom. The van der Waals surface area contributed by atoms with E-state index in [1.54, 1.807) is 26.4 Å². The number of benzene rings is 2. The van der Waals surface area contributed by atoms with Crippen LogP contribution in [0.3, 0.4) is 0 Å². The van der Waals surface area contributed by atoms with E-state index in [9.17, 15) is 9.59 Å². The molecule has 4 rings (SSSR count). The predicted octanol–water partition coefficient (Wildman–Crippen LogP) is 2.29. The Balaban J connectivity index is 1.64. The second-order valence-electron chi connectivity index (χ2n) is 8.17. The molecule has 0 spiro atoms. The summed E-state index contributed by atoms with van der Waals surface area (Å²) in [6.45, 7) is 4.47. The molecule has 1 fully saturated rings. The predicted molar refractivity (Wildman–Crippen MR) is 128 cm³/mol. The number of piperazine rings is 1. The number of imide groups is 1. The minimum absolute atomic E-state index is 0.181. The Morgan fingerprint density at radius 2 is 1.61 bits per heavy atom. The molecule has 8 nitrogen and oxygen atoms in total. The number of rotatable bonds is 8. The molecule has 174 valence electrons. The molecule has 2 aliphatic rings. The van der Waals surface area contributed by atoms with Crippen molar-refractivity contribution in [2.45, 2.75) is 0 Å². The number of ether oxygens (including phenoxy) is 2. The van der Waals surface area contributed by atoms with E-state index in [0.29, 0.717) is 16.9 Å². The third kappa shape index (κ3) is 4.72. The van der Waals surface area contributed by atoms with E-state index in [0.717, 1.165) is 37.6 Å². The highest BCUT2D eigenvalue weighted by Crippen LogP contribution is 2.35. The maximum absolute atomic E-state index is 13.3. The molecule has 2 heterocycles. The van der Waals surface area contributed by atoms with Crippen LogP contribution in [0.15, 0.2) is 54.2 Å². The first-order chi connectivity index (χ1) is 16.0. The molecule has 0 aliphatic carbocycles. The number of nitrogens with zero attached hydrogens (tertiary/aromatic N) is 3. The number of hydrogen-bond acceptors (Lipinski definition) is 7. The van der Waals surface area contributed by atoms with E-state index >= 15 is 0 Å². The van der Waals surface area contributed by atoms with Gasteiger partial charge in [0.25, 0.3) is 11.8 Å². The molecule has 0 saturated carbocycles. The van der Waals surface area contributed by atoms with Gasteiger partial charge >= 0.3 is 0 Å². The number of para-hydroxylation sites is 1. The van der Waals surface area contributed by atoms with Crippen LogP contribution in [-0.4, -0.2) is 82.2 Å². The smallest absolute Gasteiger partial charge is 0.278 e. The van der Waals surface area contributed by atoms with Crippen LogP contribution in [0.5, 0.6) is 5.75 Å². The van der Waals surface area contributed by atoms with Gasteiger partial charge in [0.15, 0.2) is 0 Å². The molecular formula is C25H30N4O4. The van der Waals surface area contributed by atoms with Crippen molar-refractivity contribution in [1.82, 2.24) is 9.80 Å². The van der Waals surface area contributed by atoms with Gasteiger partial charge in [-0.3, -0.25) is 14.5 Å². The molecule has 0 aromatic heterocycles. The number of amides is 2. The van der Waals surface area contributed by atoms with Crippen molar-refractivity contribution in [1.29, 1.82) is 0 Å². The first-order valence-corrected chi connectivity index (χ1v) is 11.1. The molecule has 2 amide bonds. The lowest BCUT2D eigenvalue weighted by Crippen LogP contribution is -2.44. The maximum atomic E-state index is 13.3. The highest BCUT2D eigenvalue weighted by atomic mass is 16.5. The lowest BCUT2D eigenvalue weighted by atomic mass is 10.0.